The number of aromatic nitrogens is 1. The third-order valence-electron chi connectivity index (χ3n) is 4.70. The number of fused-ring (bicyclic) bond motifs is 1. The summed E-state index contributed by atoms with van der Waals surface area (Å²) in [6.45, 7) is 0.546. The van der Waals surface area contributed by atoms with Crippen LogP contribution in [0.3, 0.4) is 0 Å². The zero-order valence-electron chi connectivity index (χ0n) is 15.9. The van der Waals surface area contributed by atoms with Crippen LogP contribution in [-0.2, 0) is 22.6 Å². The zero-order chi connectivity index (χ0) is 20.3. The van der Waals surface area contributed by atoms with Crippen molar-refractivity contribution in [2.45, 2.75) is 25.5 Å². The molecule has 0 bridgehead atoms. The van der Waals surface area contributed by atoms with Gasteiger partial charge in [-0.2, -0.15) is 0 Å². The lowest BCUT2D eigenvalue weighted by Crippen LogP contribution is -2.41. The molecule has 0 spiro atoms. The molecule has 1 aliphatic rings. The number of methoxy groups -OCH3 is 3. The van der Waals surface area contributed by atoms with Crippen molar-refractivity contribution in [3.63, 3.8) is 0 Å². The van der Waals surface area contributed by atoms with Crippen molar-refractivity contribution in [3.05, 3.63) is 40.8 Å². The van der Waals surface area contributed by atoms with Crippen molar-refractivity contribution in [2.24, 2.45) is 0 Å². The molecule has 9 nitrogen and oxygen atoms in total. The number of carbonyl (C=O) groups is 2. The molecule has 0 saturated heterocycles. The molecular weight excluding hydrogens is 368 g/mol. The molecule has 1 unspecified atom stereocenters. The summed E-state index contributed by atoms with van der Waals surface area (Å²) in [7, 11) is 4.56. The molecule has 1 N–H and O–H groups in total. The highest BCUT2D eigenvalue weighted by Gasteiger charge is 2.35. The second-order valence-corrected chi connectivity index (χ2v) is 6.38. The molecule has 3 rings (SSSR count). The number of carbonyl (C=O) groups excluding carboxylic acids is 1. The third-order valence-corrected chi connectivity index (χ3v) is 4.70. The second kappa shape index (κ2) is 8.30. The fourth-order valence-corrected chi connectivity index (χ4v) is 3.43. The summed E-state index contributed by atoms with van der Waals surface area (Å²) in [6.07, 6.45) is 0.317. The maximum Gasteiger partial charge on any atom is 0.305 e. The summed E-state index contributed by atoms with van der Waals surface area (Å²) in [5.74, 6) is 0.0680. The van der Waals surface area contributed by atoms with E-state index < -0.39 is 17.9 Å². The average molecular weight is 390 g/mol. The topological polar surface area (TPSA) is 111 Å². The summed E-state index contributed by atoms with van der Waals surface area (Å²) in [5, 5.41) is 13.2. The van der Waals surface area contributed by atoms with Gasteiger partial charge < -0.3 is 28.7 Å². The molecule has 150 valence electrons. The van der Waals surface area contributed by atoms with Gasteiger partial charge >= 0.3 is 5.97 Å². The van der Waals surface area contributed by atoms with Crippen LogP contribution in [0.5, 0.6) is 11.5 Å². The number of ether oxygens (including phenoxy) is 3. The van der Waals surface area contributed by atoms with Crippen LogP contribution >= 0.6 is 0 Å². The number of hydrogen-bond donors (Lipinski definition) is 1. The Hall–Kier alpha value is -3.07. The number of carboxylic acid groups (broad SMARTS) is 1. The van der Waals surface area contributed by atoms with E-state index >= 15 is 0 Å². The highest BCUT2D eigenvalue weighted by molar-refractivity contribution is 5.93. The number of amides is 1. The van der Waals surface area contributed by atoms with E-state index in [1.807, 2.05) is 6.07 Å². The third kappa shape index (κ3) is 3.79. The smallest absolute Gasteiger partial charge is 0.305 e. The Kier molecular flexibility index (Phi) is 5.84. The van der Waals surface area contributed by atoms with Gasteiger partial charge in [0.1, 0.15) is 6.61 Å². The molecule has 0 saturated carbocycles. The summed E-state index contributed by atoms with van der Waals surface area (Å²) in [5.41, 5.74) is 1.76. The second-order valence-electron chi connectivity index (χ2n) is 6.38. The highest BCUT2D eigenvalue weighted by atomic mass is 16.5. The standard InChI is InChI=1S/C19H22N2O7/c1-25-10-12-7-14(20-28-12)19(24)21-5-4-11-6-16(26-2)17(27-3)8-13(11)15(21)9-18(22)23/h6-8,15H,4-5,9-10H2,1-3H3,(H,22,23). The number of hydrogen-bond acceptors (Lipinski definition) is 7. The quantitative estimate of drug-likeness (QED) is 0.765. The molecule has 2 aromatic rings. The normalized spacial score (nSPS) is 15.8. The van der Waals surface area contributed by atoms with Crippen LogP contribution in [0.4, 0.5) is 0 Å². The first-order valence-electron chi connectivity index (χ1n) is 8.70. The first kappa shape index (κ1) is 19.7. The lowest BCUT2D eigenvalue weighted by molar-refractivity contribution is -0.138. The number of aliphatic carboxylic acids is 1. The average Bonchev–Trinajstić information content (AvgIpc) is 3.15. The molecular formula is C19H22N2O7. The van der Waals surface area contributed by atoms with E-state index in [2.05, 4.69) is 5.16 Å². The van der Waals surface area contributed by atoms with Gasteiger partial charge in [0.05, 0.1) is 26.7 Å². The minimum atomic E-state index is -1.01. The van der Waals surface area contributed by atoms with Crippen LogP contribution in [0, 0.1) is 0 Å². The molecule has 28 heavy (non-hydrogen) atoms. The van der Waals surface area contributed by atoms with Gasteiger partial charge in [-0.3, -0.25) is 9.59 Å². The summed E-state index contributed by atoms with van der Waals surface area (Å²) >= 11 is 0. The molecule has 1 aromatic carbocycles. The van der Waals surface area contributed by atoms with E-state index in [1.165, 1.54) is 25.2 Å². The fourth-order valence-electron chi connectivity index (χ4n) is 3.43. The van der Waals surface area contributed by atoms with E-state index in [0.717, 1.165) is 11.1 Å². The van der Waals surface area contributed by atoms with E-state index in [9.17, 15) is 14.7 Å². The molecule has 2 heterocycles. The van der Waals surface area contributed by atoms with Crippen molar-refractivity contribution in [1.82, 2.24) is 10.1 Å². The van der Waals surface area contributed by atoms with Crippen molar-refractivity contribution < 1.29 is 33.4 Å². The summed E-state index contributed by atoms with van der Waals surface area (Å²) < 4.78 is 20.7. The van der Waals surface area contributed by atoms with Gasteiger partial charge in [-0.1, -0.05) is 5.16 Å². The van der Waals surface area contributed by atoms with Gasteiger partial charge in [0.2, 0.25) is 0 Å². The Bertz CT molecular complexity index is 877. The van der Waals surface area contributed by atoms with Crippen molar-refractivity contribution in [2.75, 3.05) is 27.9 Å². The maximum atomic E-state index is 13.0. The number of carboxylic acids is 1. The molecule has 0 fully saturated rings. The Balaban J connectivity index is 1.98. The van der Waals surface area contributed by atoms with Crippen LogP contribution in [0.2, 0.25) is 0 Å². The van der Waals surface area contributed by atoms with Crippen LogP contribution in [0.1, 0.15) is 39.8 Å². The molecule has 9 heteroatoms. The predicted molar refractivity (Wildman–Crippen MR) is 96.5 cm³/mol. The van der Waals surface area contributed by atoms with Gasteiger partial charge in [0.25, 0.3) is 5.91 Å². The van der Waals surface area contributed by atoms with Crippen LogP contribution < -0.4 is 9.47 Å². The molecule has 0 aliphatic carbocycles. The van der Waals surface area contributed by atoms with Gasteiger partial charge in [-0.15, -0.1) is 0 Å². The van der Waals surface area contributed by atoms with Gasteiger partial charge in [0.15, 0.2) is 23.0 Å². The van der Waals surface area contributed by atoms with E-state index in [1.54, 1.807) is 13.2 Å². The number of benzene rings is 1. The van der Waals surface area contributed by atoms with Crippen LogP contribution in [0.15, 0.2) is 22.7 Å². The number of rotatable bonds is 7. The van der Waals surface area contributed by atoms with Crippen molar-refractivity contribution >= 4 is 11.9 Å². The molecule has 0 radical (unpaired) electrons. The van der Waals surface area contributed by atoms with Crippen molar-refractivity contribution in [3.8, 4) is 11.5 Å². The lowest BCUT2D eigenvalue weighted by Gasteiger charge is -2.36. The lowest BCUT2D eigenvalue weighted by atomic mass is 9.89. The minimum Gasteiger partial charge on any atom is -0.493 e. The summed E-state index contributed by atoms with van der Waals surface area (Å²) in [4.78, 5) is 26.0. The first-order chi connectivity index (χ1) is 13.5. The maximum absolute atomic E-state index is 13.0. The largest absolute Gasteiger partial charge is 0.493 e. The Morgan fingerprint density at radius 2 is 1.93 bits per heavy atom. The molecule has 1 aliphatic heterocycles. The van der Waals surface area contributed by atoms with Gasteiger partial charge in [0, 0.05) is 19.7 Å². The van der Waals surface area contributed by atoms with E-state index in [4.69, 9.17) is 18.7 Å². The van der Waals surface area contributed by atoms with Gasteiger partial charge in [-0.25, -0.2) is 0 Å². The van der Waals surface area contributed by atoms with Crippen molar-refractivity contribution in [1.29, 1.82) is 0 Å². The summed E-state index contributed by atoms with van der Waals surface area (Å²) in [6, 6.07) is 4.42. The Morgan fingerprint density at radius 3 is 2.57 bits per heavy atom. The molecule has 1 aromatic heterocycles. The SMILES string of the molecule is COCc1cc(C(=O)N2CCc3cc(OC)c(OC)cc3C2CC(=O)O)no1. The van der Waals surface area contributed by atoms with E-state index in [-0.39, 0.29) is 18.7 Å². The molecule has 1 amide bonds. The van der Waals surface area contributed by atoms with E-state index in [0.29, 0.717) is 30.2 Å². The zero-order valence-corrected chi connectivity index (χ0v) is 15.9. The number of nitrogens with zero attached hydrogens (tertiary/aromatic N) is 2. The Labute approximate surface area is 161 Å². The van der Waals surface area contributed by atoms with Crippen LogP contribution in [-0.4, -0.2) is 54.9 Å². The fraction of sp³-hybridized carbons (Fsp3) is 0.421. The van der Waals surface area contributed by atoms with Gasteiger partial charge in [-0.05, 0) is 29.7 Å². The predicted octanol–water partition coefficient (Wildman–Crippen LogP) is 2.05. The van der Waals surface area contributed by atoms with Crippen LogP contribution in [0.25, 0.3) is 0 Å². The monoisotopic (exact) mass is 390 g/mol. The minimum absolute atomic E-state index is 0.117. The first-order valence-corrected chi connectivity index (χ1v) is 8.70. The Morgan fingerprint density at radius 1 is 1.21 bits per heavy atom. The highest BCUT2D eigenvalue weighted by Crippen LogP contribution is 2.40. The molecule has 1 atom stereocenters.